The van der Waals surface area contributed by atoms with E-state index in [9.17, 15) is 19.2 Å². The normalized spacial score (nSPS) is 39.6. The zero-order valence-electron chi connectivity index (χ0n) is 9.59. The summed E-state index contributed by atoms with van der Waals surface area (Å²) in [6.07, 6.45) is 1.61. The standard InChI is InChI=1S/C12H12O6/c13-9-5-1-2-6(10(14)17-9)8-4-3-7(5)11(15)18-12(8)16/h5-8H,1-4H2. The van der Waals surface area contributed by atoms with Gasteiger partial charge in [0.05, 0.1) is 23.7 Å². The van der Waals surface area contributed by atoms with E-state index >= 15 is 0 Å². The number of carbonyl (C=O) groups excluding carboxylic acids is 4. The first-order chi connectivity index (χ1) is 8.58. The van der Waals surface area contributed by atoms with Crippen molar-refractivity contribution in [3.05, 3.63) is 0 Å². The molecule has 1 saturated carbocycles. The lowest BCUT2D eigenvalue weighted by atomic mass is 9.76. The van der Waals surface area contributed by atoms with Gasteiger partial charge in [-0.15, -0.1) is 0 Å². The van der Waals surface area contributed by atoms with Crippen LogP contribution in [0.4, 0.5) is 0 Å². The highest BCUT2D eigenvalue weighted by atomic mass is 16.6. The number of ether oxygens (including phenoxy) is 2. The first-order valence-electron chi connectivity index (χ1n) is 6.09. The number of esters is 4. The SMILES string of the molecule is O=C1OC(=O)C2CCC1C1CCC2C(=O)OC1=O. The summed E-state index contributed by atoms with van der Waals surface area (Å²) in [4.78, 5) is 47.1. The number of rotatable bonds is 0. The second-order valence-corrected chi connectivity index (χ2v) is 5.06. The van der Waals surface area contributed by atoms with Crippen LogP contribution in [0.1, 0.15) is 25.7 Å². The average molecular weight is 252 g/mol. The Kier molecular flexibility index (Phi) is 2.46. The van der Waals surface area contributed by atoms with E-state index in [-0.39, 0.29) is 0 Å². The molecule has 6 nitrogen and oxygen atoms in total. The van der Waals surface area contributed by atoms with Gasteiger partial charge in [0.25, 0.3) is 0 Å². The fourth-order valence-electron chi connectivity index (χ4n) is 3.15. The van der Waals surface area contributed by atoms with Crippen molar-refractivity contribution in [3.63, 3.8) is 0 Å². The smallest absolute Gasteiger partial charge is 0.317 e. The first kappa shape index (κ1) is 11.4. The maximum Gasteiger partial charge on any atom is 0.317 e. The molecule has 0 aromatic carbocycles. The molecular formula is C12H12O6. The van der Waals surface area contributed by atoms with Crippen molar-refractivity contribution in [2.45, 2.75) is 25.7 Å². The lowest BCUT2D eigenvalue weighted by Crippen LogP contribution is -2.34. The summed E-state index contributed by atoms with van der Waals surface area (Å²) in [5.74, 6) is -5.23. The molecule has 0 amide bonds. The molecule has 3 fully saturated rings. The van der Waals surface area contributed by atoms with Gasteiger partial charge in [-0.25, -0.2) is 0 Å². The zero-order chi connectivity index (χ0) is 12.9. The summed E-state index contributed by atoms with van der Waals surface area (Å²) in [7, 11) is 0. The first-order valence-corrected chi connectivity index (χ1v) is 6.09. The molecule has 2 saturated heterocycles. The quantitative estimate of drug-likeness (QED) is 0.347. The molecular weight excluding hydrogens is 240 g/mol. The molecule has 2 heterocycles. The van der Waals surface area contributed by atoms with Crippen LogP contribution in [0.25, 0.3) is 0 Å². The topological polar surface area (TPSA) is 86.7 Å². The van der Waals surface area contributed by atoms with Crippen LogP contribution < -0.4 is 0 Å². The zero-order valence-corrected chi connectivity index (χ0v) is 9.59. The highest BCUT2D eigenvalue weighted by Crippen LogP contribution is 2.41. The number of hydrogen-bond donors (Lipinski definition) is 0. The third-order valence-corrected chi connectivity index (χ3v) is 4.16. The molecule has 0 N–H and O–H groups in total. The molecule has 3 rings (SSSR count). The van der Waals surface area contributed by atoms with E-state index in [1.54, 1.807) is 0 Å². The Balaban J connectivity index is 2.09. The van der Waals surface area contributed by atoms with Crippen molar-refractivity contribution in [3.8, 4) is 0 Å². The van der Waals surface area contributed by atoms with Gasteiger partial charge in [-0.1, -0.05) is 0 Å². The predicted molar refractivity (Wildman–Crippen MR) is 54.6 cm³/mol. The number of carbonyl (C=O) groups is 4. The van der Waals surface area contributed by atoms with Crippen LogP contribution in [0, 0.1) is 23.7 Å². The summed E-state index contributed by atoms with van der Waals surface area (Å²) in [5.41, 5.74) is 0. The van der Waals surface area contributed by atoms with Gasteiger partial charge in [0, 0.05) is 0 Å². The van der Waals surface area contributed by atoms with Crippen LogP contribution >= 0.6 is 0 Å². The minimum Gasteiger partial charge on any atom is -0.393 e. The minimum atomic E-state index is -0.654. The Morgan fingerprint density at radius 3 is 1.00 bits per heavy atom. The highest BCUT2D eigenvalue weighted by Gasteiger charge is 2.50. The van der Waals surface area contributed by atoms with Crippen LogP contribution in [-0.4, -0.2) is 23.9 Å². The summed E-state index contributed by atoms with van der Waals surface area (Å²) in [6, 6.07) is 0. The summed E-state index contributed by atoms with van der Waals surface area (Å²) in [5, 5.41) is 0. The van der Waals surface area contributed by atoms with Gasteiger partial charge < -0.3 is 9.47 Å². The van der Waals surface area contributed by atoms with E-state index < -0.39 is 47.5 Å². The molecule has 4 unspecified atom stereocenters. The molecule has 96 valence electrons. The second-order valence-electron chi connectivity index (χ2n) is 5.06. The highest BCUT2D eigenvalue weighted by molar-refractivity contribution is 5.98. The Hall–Kier alpha value is -1.72. The van der Waals surface area contributed by atoms with Gasteiger partial charge in [0.1, 0.15) is 0 Å². The van der Waals surface area contributed by atoms with E-state index in [0.717, 1.165) is 0 Å². The fourth-order valence-corrected chi connectivity index (χ4v) is 3.15. The summed E-state index contributed by atoms with van der Waals surface area (Å²) >= 11 is 0. The Labute approximate surface area is 103 Å². The van der Waals surface area contributed by atoms with Crippen molar-refractivity contribution in [2.75, 3.05) is 0 Å². The van der Waals surface area contributed by atoms with E-state index in [0.29, 0.717) is 25.7 Å². The van der Waals surface area contributed by atoms with Crippen molar-refractivity contribution in [1.29, 1.82) is 0 Å². The van der Waals surface area contributed by atoms with Gasteiger partial charge in [-0.2, -0.15) is 0 Å². The van der Waals surface area contributed by atoms with Crippen molar-refractivity contribution in [1.82, 2.24) is 0 Å². The largest absolute Gasteiger partial charge is 0.393 e. The van der Waals surface area contributed by atoms with E-state index in [1.807, 2.05) is 0 Å². The lowest BCUT2D eigenvalue weighted by molar-refractivity contribution is -0.176. The molecule has 0 radical (unpaired) electrons. The minimum absolute atomic E-state index is 0.402. The monoisotopic (exact) mass is 252 g/mol. The molecule has 3 aliphatic rings. The number of fused-ring (bicyclic) bond motifs is 8. The van der Waals surface area contributed by atoms with Gasteiger partial charge in [-0.05, 0) is 25.7 Å². The molecule has 1 aliphatic carbocycles. The Morgan fingerprint density at radius 1 is 0.556 bits per heavy atom. The molecule has 0 aromatic heterocycles. The van der Waals surface area contributed by atoms with Gasteiger partial charge in [0.15, 0.2) is 0 Å². The van der Waals surface area contributed by atoms with Gasteiger partial charge in [0.2, 0.25) is 0 Å². The second kappa shape index (κ2) is 3.90. The molecule has 6 heteroatoms. The Morgan fingerprint density at radius 2 is 0.778 bits per heavy atom. The van der Waals surface area contributed by atoms with Crippen LogP contribution in [0.3, 0.4) is 0 Å². The molecule has 4 atom stereocenters. The van der Waals surface area contributed by atoms with Crippen LogP contribution in [0.2, 0.25) is 0 Å². The van der Waals surface area contributed by atoms with Crippen LogP contribution in [-0.2, 0) is 28.7 Å². The molecule has 4 bridgehead atoms. The molecule has 18 heavy (non-hydrogen) atoms. The third kappa shape index (κ3) is 1.55. The molecule has 0 spiro atoms. The Bertz CT molecular complexity index is 371. The van der Waals surface area contributed by atoms with E-state index in [4.69, 9.17) is 9.47 Å². The summed E-state index contributed by atoms with van der Waals surface area (Å²) in [6.45, 7) is 0. The van der Waals surface area contributed by atoms with Crippen LogP contribution in [0.5, 0.6) is 0 Å². The maximum absolute atomic E-state index is 11.8. The maximum atomic E-state index is 11.8. The van der Waals surface area contributed by atoms with Crippen LogP contribution in [0.15, 0.2) is 0 Å². The van der Waals surface area contributed by atoms with Gasteiger partial charge >= 0.3 is 23.9 Å². The molecule has 2 aliphatic heterocycles. The van der Waals surface area contributed by atoms with Gasteiger partial charge in [-0.3, -0.25) is 19.2 Å². The lowest BCUT2D eigenvalue weighted by Gasteiger charge is -2.22. The van der Waals surface area contributed by atoms with Crippen molar-refractivity contribution >= 4 is 23.9 Å². The number of hydrogen-bond acceptors (Lipinski definition) is 6. The fraction of sp³-hybridized carbons (Fsp3) is 0.667. The average Bonchev–Trinajstić information content (AvgIpc) is 2.43. The van der Waals surface area contributed by atoms with Crippen molar-refractivity contribution in [2.24, 2.45) is 23.7 Å². The third-order valence-electron chi connectivity index (χ3n) is 4.16. The number of cyclic esters (lactones) is 4. The van der Waals surface area contributed by atoms with E-state index in [2.05, 4.69) is 0 Å². The predicted octanol–water partition coefficient (Wildman–Crippen LogP) is 0.192. The molecule has 0 aromatic rings. The summed E-state index contributed by atoms with van der Waals surface area (Å²) < 4.78 is 9.51. The van der Waals surface area contributed by atoms with Crippen molar-refractivity contribution < 1.29 is 28.7 Å². The van der Waals surface area contributed by atoms with E-state index in [1.165, 1.54) is 0 Å².